The van der Waals surface area contributed by atoms with Crippen LogP contribution >= 0.6 is 11.6 Å². The maximum Gasteiger partial charge on any atom is 0.432 e. The minimum absolute atomic E-state index is 0.0407. The quantitative estimate of drug-likeness (QED) is 0.406. The minimum Gasteiger partial charge on any atom is -0.309 e. The van der Waals surface area contributed by atoms with Gasteiger partial charge in [0.05, 0.1) is 0 Å². The van der Waals surface area contributed by atoms with Crippen molar-refractivity contribution >= 4 is 29.3 Å². The van der Waals surface area contributed by atoms with Gasteiger partial charge in [0.1, 0.15) is 12.2 Å². The molecule has 0 aliphatic carbocycles. The molecule has 0 saturated carbocycles. The zero-order valence-corrected chi connectivity index (χ0v) is 13.8. The summed E-state index contributed by atoms with van der Waals surface area (Å²) in [5.74, 6) is -2.07. The summed E-state index contributed by atoms with van der Waals surface area (Å²) >= 11 is 5.67. The fourth-order valence-electron chi connectivity index (χ4n) is 1.71. The van der Waals surface area contributed by atoms with E-state index in [1.807, 2.05) is 5.32 Å². The van der Waals surface area contributed by atoms with Crippen LogP contribution in [0.1, 0.15) is 16.1 Å². The van der Waals surface area contributed by atoms with E-state index in [0.29, 0.717) is 11.1 Å². The number of amides is 1. The Morgan fingerprint density at radius 2 is 1.78 bits per heavy atom. The largest absolute Gasteiger partial charge is 0.432 e. The monoisotopic (exact) mass is 413 g/mol. The van der Waals surface area contributed by atoms with Crippen LogP contribution in [0.3, 0.4) is 0 Å². The molecular weight excluding hydrogens is 404 g/mol. The van der Waals surface area contributed by atoms with Crippen LogP contribution in [0.4, 0.5) is 32.2 Å². The van der Waals surface area contributed by atoms with Crippen molar-refractivity contribution in [1.29, 1.82) is 0 Å². The molecule has 0 radical (unpaired) electrons. The van der Waals surface area contributed by atoms with Crippen molar-refractivity contribution < 1.29 is 31.1 Å². The van der Waals surface area contributed by atoms with Gasteiger partial charge in [-0.15, -0.1) is 0 Å². The predicted octanol–water partition coefficient (Wildman–Crippen LogP) is 3.84. The molecule has 1 amide bonds. The second-order valence-corrected chi connectivity index (χ2v) is 5.47. The second kappa shape index (κ2) is 7.86. The molecule has 1 aromatic carbocycles. The predicted molar refractivity (Wildman–Crippen MR) is 84.5 cm³/mol. The summed E-state index contributed by atoms with van der Waals surface area (Å²) in [5, 5.41) is 9.42. The number of rotatable bonds is 3. The standard InChI is InChI=1S/C14H10ClF6N5O/c15-8-3-1-7(2-4-8)11(27)24-12(22-6-13(16,17)18)23-10-5-9(25-26-10)14(19,20)21/h1-5H,6H2,(H3,22,23,24,25,26,27). The number of alkyl halides is 6. The molecule has 0 fully saturated rings. The summed E-state index contributed by atoms with van der Waals surface area (Å²) in [6, 6.07) is 5.86. The van der Waals surface area contributed by atoms with Crippen molar-refractivity contribution in [2.45, 2.75) is 12.4 Å². The van der Waals surface area contributed by atoms with Gasteiger partial charge in [0.25, 0.3) is 5.91 Å². The van der Waals surface area contributed by atoms with E-state index >= 15 is 0 Å². The lowest BCUT2D eigenvalue weighted by molar-refractivity contribution is -0.141. The molecule has 13 heteroatoms. The van der Waals surface area contributed by atoms with Gasteiger partial charge in [0.2, 0.25) is 5.96 Å². The number of nitrogens with zero attached hydrogens (tertiary/aromatic N) is 2. The van der Waals surface area contributed by atoms with E-state index in [2.05, 4.69) is 15.4 Å². The van der Waals surface area contributed by atoms with E-state index in [9.17, 15) is 31.1 Å². The summed E-state index contributed by atoms with van der Waals surface area (Å²) in [4.78, 5) is 15.2. The van der Waals surface area contributed by atoms with Gasteiger partial charge >= 0.3 is 12.4 Å². The highest BCUT2D eigenvalue weighted by Gasteiger charge is 2.33. The van der Waals surface area contributed by atoms with Crippen LogP contribution < -0.4 is 10.6 Å². The summed E-state index contributed by atoms with van der Waals surface area (Å²) in [7, 11) is 0. The Hall–Kier alpha value is -2.76. The number of carbonyl (C=O) groups is 1. The van der Waals surface area contributed by atoms with Crippen molar-refractivity contribution in [3.63, 3.8) is 0 Å². The van der Waals surface area contributed by atoms with Crippen LogP contribution in [0.2, 0.25) is 5.02 Å². The number of nitrogens with one attached hydrogen (secondary N) is 3. The van der Waals surface area contributed by atoms with Gasteiger partial charge < -0.3 is 5.32 Å². The fraction of sp³-hybridized carbons (Fsp3) is 0.214. The van der Waals surface area contributed by atoms with Crippen LogP contribution in [0.5, 0.6) is 0 Å². The molecule has 146 valence electrons. The average Bonchev–Trinajstić information content (AvgIpc) is 3.01. The van der Waals surface area contributed by atoms with Crippen molar-refractivity contribution in [3.8, 4) is 0 Å². The summed E-state index contributed by atoms with van der Waals surface area (Å²) in [5.41, 5.74) is -1.19. The first kappa shape index (κ1) is 20.6. The summed E-state index contributed by atoms with van der Waals surface area (Å²) in [6.07, 6.45) is -9.43. The Morgan fingerprint density at radius 1 is 1.15 bits per heavy atom. The molecule has 0 aliphatic heterocycles. The Labute approximate surface area is 152 Å². The first-order chi connectivity index (χ1) is 12.4. The van der Waals surface area contributed by atoms with Gasteiger partial charge in [-0.25, -0.2) is 4.99 Å². The Bertz CT molecular complexity index is 828. The number of halogens is 7. The third-order valence-electron chi connectivity index (χ3n) is 2.88. The maximum atomic E-state index is 12.5. The SMILES string of the molecule is O=C(NC(=NCC(F)(F)F)Nc1cc(C(F)(F)F)[nH]n1)c1ccc(Cl)cc1. The van der Waals surface area contributed by atoms with Gasteiger partial charge in [-0.3, -0.25) is 15.2 Å². The number of aliphatic imine (C=N–C) groups is 1. The summed E-state index contributed by atoms with van der Waals surface area (Å²) < 4.78 is 74.8. The smallest absolute Gasteiger partial charge is 0.309 e. The molecular formula is C14H10ClF6N5O. The molecule has 2 aromatic rings. The minimum atomic E-state index is -4.73. The molecule has 1 heterocycles. The Morgan fingerprint density at radius 3 is 2.30 bits per heavy atom. The number of aromatic amines is 1. The first-order valence-corrected chi connectivity index (χ1v) is 7.39. The van der Waals surface area contributed by atoms with E-state index in [1.165, 1.54) is 24.3 Å². The number of benzene rings is 1. The van der Waals surface area contributed by atoms with Gasteiger partial charge in [-0.05, 0) is 24.3 Å². The highest BCUT2D eigenvalue weighted by Crippen LogP contribution is 2.28. The van der Waals surface area contributed by atoms with E-state index in [0.717, 1.165) is 0 Å². The van der Waals surface area contributed by atoms with Gasteiger partial charge in [0, 0.05) is 16.7 Å². The van der Waals surface area contributed by atoms with Crippen molar-refractivity contribution in [2.24, 2.45) is 4.99 Å². The van der Waals surface area contributed by atoms with Crippen LogP contribution in [0.15, 0.2) is 35.3 Å². The van der Waals surface area contributed by atoms with Crippen LogP contribution in [0.25, 0.3) is 0 Å². The molecule has 0 unspecified atom stereocenters. The molecule has 1 aromatic heterocycles. The number of hydrogen-bond donors (Lipinski definition) is 3. The van der Waals surface area contributed by atoms with E-state index in [-0.39, 0.29) is 5.56 Å². The van der Waals surface area contributed by atoms with Crippen LogP contribution in [0, 0.1) is 0 Å². The molecule has 0 bridgehead atoms. The number of guanidine groups is 1. The highest BCUT2D eigenvalue weighted by molar-refractivity contribution is 6.30. The number of anilines is 1. The number of hydrogen-bond acceptors (Lipinski definition) is 3. The van der Waals surface area contributed by atoms with Crippen LogP contribution in [-0.4, -0.2) is 34.8 Å². The van der Waals surface area contributed by atoms with Crippen molar-refractivity contribution in [3.05, 3.63) is 46.6 Å². The zero-order valence-electron chi connectivity index (χ0n) is 13.0. The molecule has 0 aliphatic rings. The topological polar surface area (TPSA) is 82.2 Å². The molecule has 2 rings (SSSR count). The van der Waals surface area contributed by atoms with E-state index in [4.69, 9.17) is 11.6 Å². The average molecular weight is 414 g/mol. The Kier molecular flexibility index (Phi) is 5.98. The molecule has 0 spiro atoms. The second-order valence-electron chi connectivity index (χ2n) is 5.03. The molecule has 6 nitrogen and oxygen atoms in total. The lowest BCUT2D eigenvalue weighted by Gasteiger charge is -2.11. The first-order valence-electron chi connectivity index (χ1n) is 7.02. The third-order valence-corrected chi connectivity index (χ3v) is 3.14. The zero-order chi connectivity index (χ0) is 20.2. The van der Waals surface area contributed by atoms with E-state index in [1.54, 1.807) is 5.10 Å². The lowest BCUT2D eigenvalue weighted by atomic mass is 10.2. The highest BCUT2D eigenvalue weighted by atomic mass is 35.5. The Balaban J connectivity index is 2.19. The molecule has 0 saturated heterocycles. The van der Waals surface area contributed by atoms with Gasteiger partial charge in [-0.1, -0.05) is 11.6 Å². The van der Waals surface area contributed by atoms with E-state index < -0.39 is 42.3 Å². The summed E-state index contributed by atoms with van der Waals surface area (Å²) in [6.45, 7) is -1.67. The normalized spacial score (nSPS) is 12.8. The third kappa shape index (κ3) is 6.47. The fourth-order valence-corrected chi connectivity index (χ4v) is 1.84. The van der Waals surface area contributed by atoms with Crippen LogP contribution in [-0.2, 0) is 6.18 Å². The maximum absolute atomic E-state index is 12.5. The van der Waals surface area contributed by atoms with Crippen molar-refractivity contribution in [2.75, 3.05) is 11.9 Å². The number of H-pyrrole nitrogens is 1. The van der Waals surface area contributed by atoms with Gasteiger partial charge in [-0.2, -0.15) is 31.4 Å². The molecule has 27 heavy (non-hydrogen) atoms. The van der Waals surface area contributed by atoms with Gasteiger partial charge in [0.15, 0.2) is 5.82 Å². The number of aromatic nitrogens is 2. The number of carbonyl (C=O) groups excluding carboxylic acids is 1. The lowest BCUT2D eigenvalue weighted by Crippen LogP contribution is -2.37. The van der Waals surface area contributed by atoms with Crippen molar-refractivity contribution in [1.82, 2.24) is 15.5 Å². The molecule has 0 atom stereocenters. The molecule has 3 N–H and O–H groups in total.